The number of likely N-dealkylation sites (tertiary alicyclic amines) is 2. The van der Waals surface area contributed by atoms with Gasteiger partial charge < -0.3 is 9.64 Å². The summed E-state index contributed by atoms with van der Waals surface area (Å²) in [4.78, 5) is 31.6. The summed E-state index contributed by atoms with van der Waals surface area (Å²) in [5.74, 6) is -0.172. The van der Waals surface area contributed by atoms with Gasteiger partial charge in [-0.3, -0.25) is 14.6 Å². The van der Waals surface area contributed by atoms with Gasteiger partial charge in [-0.25, -0.2) is 4.79 Å². The lowest BCUT2D eigenvalue weighted by atomic mass is 10.1. The van der Waals surface area contributed by atoms with Gasteiger partial charge in [-0.15, -0.1) is 0 Å². The van der Waals surface area contributed by atoms with E-state index in [1.54, 1.807) is 37.8 Å². The maximum absolute atomic E-state index is 13.4. The summed E-state index contributed by atoms with van der Waals surface area (Å²) in [5.41, 5.74) is 0.992. The normalized spacial score (nSPS) is 23.2. The van der Waals surface area contributed by atoms with E-state index in [1.807, 2.05) is 19.2 Å². The Hall–Kier alpha value is -3.10. The number of ether oxygens (including phenoxy) is 1. The van der Waals surface area contributed by atoms with Crippen LogP contribution in [0.25, 0.3) is 0 Å². The molecule has 8 nitrogen and oxygen atoms in total. The van der Waals surface area contributed by atoms with Crippen molar-refractivity contribution < 1.29 is 14.3 Å². The van der Waals surface area contributed by atoms with Crippen LogP contribution in [0.1, 0.15) is 51.2 Å². The molecule has 0 saturated carbocycles. The molecule has 3 rings (SSSR count). The monoisotopic (exact) mass is 437 g/mol. The molecule has 2 fully saturated rings. The molecule has 3 atom stereocenters. The lowest BCUT2D eigenvalue weighted by molar-refractivity contribution is -0.135. The first-order valence-corrected chi connectivity index (χ1v) is 11.0. The van der Waals surface area contributed by atoms with E-state index < -0.39 is 23.8 Å². The van der Waals surface area contributed by atoms with E-state index in [1.165, 1.54) is 4.90 Å². The fourth-order valence-electron chi connectivity index (χ4n) is 4.35. The molecule has 2 saturated heterocycles. The third-order valence-electron chi connectivity index (χ3n) is 6.02. The molecule has 1 aromatic rings. The van der Waals surface area contributed by atoms with Gasteiger partial charge >= 0.3 is 6.09 Å². The lowest BCUT2D eigenvalue weighted by Gasteiger charge is -2.31. The van der Waals surface area contributed by atoms with Crippen LogP contribution in [-0.2, 0) is 16.1 Å². The van der Waals surface area contributed by atoms with Gasteiger partial charge in [0.15, 0.2) is 0 Å². The first-order chi connectivity index (χ1) is 15.1. The van der Waals surface area contributed by atoms with Gasteiger partial charge in [0.2, 0.25) is 5.91 Å². The second kappa shape index (κ2) is 9.58. The van der Waals surface area contributed by atoms with Crippen LogP contribution in [0.2, 0.25) is 0 Å². The average Bonchev–Trinajstić information content (AvgIpc) is 3.40. The van der Waals surface area contributed by atoms with Crippen LogP contribution in [-0.4, -0.2) is 70.6 Å². The molecule has 0 aliphatic carbocycles. The maximum Gasteiger partial charge on any atom is 0.411 e. The Morgan fingerprint density at radius 1 is 1.19 bits per heavy atom. The standard InChI is InChI=1S/C24H31N5O3/c1-24(2,3)32-23(31)29-16-20(27(4)15-18-9-7-17(13-25)8-10-18)12-21(29)22(30)28-11-5-6-19(28)14-26/h7-10,19-21H,5-6,11-12,15-16H2,1-4H3/t19-,20-,21-/m0/s1. The number of hydrogen-bond donors (Lipinski definition) is 0. The zero-order valence-corrected chi connectivity index (χ0v) is 19.2. The Balaban J connectivity index is 1.77. The molecule has 0 N–H and O–H groups in total. The number of carbonyl (C=O) groups is 2. The minimum atomic E-state index is -0.667. The number of likely N-dealkylation sites (N-methyl/N-ethyl adjacent to an activating group) is 1. The maximum atomic E-state index is 13.4. The van der Waals surface area contributed by atoms with Crippen molar-refractivity contribution >= 4 is 12.0 Å². The second-order valence-electron chi connectivity index (χ2n) is 9.58. The van der Waals surface area contributed by atoms with Crippen molar-refractivity contribution in [1.82, 2.24) is 14.7 Å². The van der Waals surface area contributed by atoms with E-state index >= 15 is 0 Å². The van der Waals surface area contributed by atoms with Gasteiger partial charge in [-0.2, -0.15) is 10.5 Å². The molecular formula is C24H31N5O3. The van der Waals surface area contributed by atoms with E-state index in [2.05, 4.69) is 17.0 Å². The molecule has 32 heavy (non-hydrogen) atoms. The summed E-state index contributed by atoms with van der Waals surface area (Å²) in [6.07, 6.45) is 1.45. The number of amides is 2. The summed E-state index contributed by atoms with van der Waals surface area (Å²) in [5, 5.41) is 18.4. The molecule has 1 aromatic carbocycles. The van der Waals surface area contributed by atoms with E-state index in [9.17, 15) is 14.9 Å². The predicted molar refractivity (Wildman–Crippen MR) is 118 cm³/mol. The molecule has 2 amide bonds. The fourth-order valence-corrected chi connectivity index (χ4v) is 4.35. The number of carbonyl (C=O) groups excluding carboxylic acids is 2. The Morgan fingerprint density at radius 2 is 1.88 bits per heavy atom. The molecule has 0 radical (unpaired) electrons. The first-order valence-electron chi connectivity index (χ1n) is 11.0. The smallest absolute Gasteiger partial charge is 0.411 e. The van der Waals surface area contributed by atoms with Gasteiger partial charge in [0, 0.05) is 25.7 Å². The van der Waals surface area contributed by atoms with E-state index in [-0.39, 0.29) is 11.9 Å². The summed E-state index contributed by atoms with van der Waals surface area (Å²) in [6.45, 7) is 6.96. The lowest BCUT2D eigenvalue weighted by Crippen LogP contribution is -2.50. The van der Waals surface area contributed by atoms with Gasteiger partial charge in [-0.1, -0.05) is 12.1 Å². The van der Waals surface area contributed by atoms with E-state index in [0.29, 0.717) is 38.0 Å². The molecule has 2 aliphatic rings. The largest absolute Gasteiger partial charge is 0.444 e. The second-order valence-corrected chi connectivity index (χ2v) is 9.58. The Morgan fingerprint density at radius 3 is 2.47 bits per heavy atom. The van der Waals surface area contributed by atoms with Gasteiger partial charge in [0.1, 0.15) is 17.7 Å². The number of rotatable bonds is 4. The minimum absolute atomic E-state index is 0.0322. The van der Waals surface area contributed by atoms with Crippen molar-refractivity contribution in [1.29, 1.82) is 10.5 Å². The van der Waals surface area contributed by atoms with E-state index in [4.69, 9.17) is 10.00 Å². The molecule has 2 aliphatic heterocycles. The van der Waals surface area contributed by atoms with Crippen molar-refractivity contribution in [2.24, 2.45) is 0 Å². The van der Waals surface area contributed by atoms with Crippen LogP contribution in [0, 0.1) is 22.7 Å². The minimum Gasteiger partial charge on any atom is -0.444 e. The zero-order chi connectivity index (χ0) is 23.5. The highest BCUT2D eigenvalue weighted by atomic mass is 16.6. The Labute approximate surface area is 189 Å². The average molecular weight is 438 g/mol. The van der Waals surface area contributed by atoms with Crippen molar-refractivity contribution in [2.75, 3.05) is 20.1 Å². The number of nitrogens with zero attached hydrogens (tertiary/aromatic N) is 5. The molecule has 0 bridgehead atoms. The Kier molecular flexibility index (Phi) is 7.06. The highest BCUT2D eigenvalue weighted by Gasteiger charge is 2.45. The fraction of sp³-hybridized carbons (Fsp3) is 0.583. The van der Waals surface area contributed by atoms with Crippen molar-refractivity contribution in [3.05, 3.63) is 35.4 Å². The SMILES string of the molecule is CN(Cc1ccc(C#N)cc1)[C@H]1C[C@@H](C(=O)N2CCC[C@H]2C#N)N(C(=O)OC(C)(C)C)C1. The molecule has 0 spiro atoms. The summed E-state index contributed by atoms with van der Waals surface area (Å²) >= 11 is 0. The summed E-state index contributed by atoms with van der Waals surface area (Å²) in [7, 11) is 1.97. The third kappa shape index (κ3) is 5.38. The van der Waals surface area contributed by atoms with Crippen molar-refractivity contribution in [3.63, 3.8) is 0 Å². The van der Waals surface area contributed by atoms with Crippen LogP contribution in [0.3, 0.4) is 0 Å². The Bertz CT molecular complexity index is 925. The molecule has 0 aromatic heterocycles. The van der Waals surface area contributed by atoms with Crippen LogP contribution in [0.4, 0.5) is 4.79 Å². The van der Waals surface area contributed by atoms with Crippen LogP contribution >= 0.6 is 0 Å². The quantitative estimate of drug-likeness (QED) is 0.718. The molecule has 170 valence electrons. The highest BCUT2D eigenvalue weighted by molar-refractivity contribution is 5.87. The van der Waals surface area contributed by atoms with Gasteiger partial charge in [0.25, 0.3) is 0 Å². The van der Waals surface area contributed by atoms with Crippen molar-refractivity contribution in [3.8, 4) is 12.1 Å². The van der Waals surface area contributed by atoms with Crippen LogP contribution < -0.4 is 0 Å². The molecule has 8 heteroatoms. The van der Waals surface area contributed by atoms with Gasteiger partial charge in [0.05, 0.1) is 17.7 Å². The topological polar surface area (TPSA) is 101 Å². The molecule has 0 unspecified atom stereocenters. The first kappa shape index (κ1) is 23.6. The predicted octanol–water partition coefficient (Wildman–Crippen LogP) is 2.88. The number of nitriles is 2. The van der Waals surface area contributed by atoms with Crippen molar-refractivity contribution in [2.45, 2.75) is 70.3 Å². The van der Waals surface area contributed by atoms with Gasteiger partial charge in [-0.05, 0) is 64.8 Å². The zero-order valence-electron chi connectivity index (χ0n) is 19.2. The third-order valence-corrected chi connectivity index (χ3v) is 6.02. The summed E-state index contributed by atoms with van der Waals surface area (Å²) < 4.78 is 5.59. The summed E-state index contributed by atoms with van der Waals surface area (Å²) in [6, 6.07) is 10.6. The number of hydrogen-bond acceptors (Lipinski definition) is 6. The van der Waals surface area contributed by atoms with E-state index in [0.717, 1.165) is 12.0 Å². The van der Waals surface area contributed by atoms with Crippen LogP contribution in [0.15, 0.2) is 24.3 Å². The highest BCUT2D eigenvalue weighted by Crippen LogP contribution is 2.29. The van der Waals surface area contributed by atoms with Crippen LogP contribution in [0.5, 0.6) is 0 Å². The number of benzene rings is 1. The molecular weight excluding hydrogens is 406 g/mol. The molecule has 2 heterocycles.